The molecule has 0 spiro atoms. The van der Waals surface area contributed by atoms with Crippen molar-refractivity contribution in [1.29, 1.82) is 0 Å². The number of ether oxygens (including phenoxy) is 1. The molecule has 1 saturated heterocycles. The van der Waals surface area contributed by atoms with Gasteiger partial charge in [-0.25, -0.2) is 0 Å². The first-order valence-corrected chi connectivity index (χ1v) is 7.51. The molecule has 1 aromatic rings. The predicted octanol–water partition coefficient (Wildman–Crippen LogP) is 0.837. The van der Waals surface area contributed by atoms with Crippen molar-refractivity contribution in [1.82, 2.24) is 4.90 Å². The first kappa shape index (κ1) is 16.5. The summed E-state index contributed by atoms with van der Waals surface area (Å²) in [5.74, 6) is -0.407. The topological polar surface area (TPSA) is 84.7 Å². The molecule has 0 saturated carbocycles. The van der Waals surface area contributed by atoms with E-state index in [0.717, 1.165) is 18.5 Å². The van der Waals surface area contributed by atoms with Gasteiger partial charge in [-0.15, -0.1) is 0 Å². The van der Waals surface area contributed by atoms with Gasteiger partial charge in [0.1, 0.15) is 6.04 Å². The molecule has 6 nitrogen and oxygen atoms in total. The zero-order chi connectivity index (χ0) is 15.9. The monoisotopic (exact) mass is 305 g/mol. The SMILES string of the molecule is COCC(N)C(=O)N1CCCC(C(=O)Nc2ccccc2)C1. The second-order valence-corrected chi connectivity index (χ2v) is 5.54. The zero-order valence-corrected chi connectivity index (χ0v) is 12.8. The summed E-state index contributed by atoms with van der Waals surface area (Å²) in [5.41, 5.74) is 6.56. The standard InChI is InChI=1S/C16H23N3O3/c1-22-11-14(17)16(21)19-9-5-6-12(10-19)15(20)18-13-7-3-2-4-8-13/h2-4,7-8,12,14H,5-6,9-11,17H2,1H3,(H,18,20). The van der Waals surface area contributed by atoms with Crippen molar-refractivity contribution in [2.24, 2.45) is 11.7 Å². The van der Waals surface area contributed by atoms with Crippen LogP contribution in [-0.2, 0) is 14.3 Å². The quantitative estimate of drug-likeness (QED) is 0.844. The number of likely N-dealkylation sites (tertiary alicyclic amines) is 1. The van der Waals surface area contributed by atoms with Crippen molar-refractivity contribution in [3.05, 3.63) is 30.3 Å². The molecule has 1 aliphatic heterocycles. The molecule has 1 aromatic carbocycles. The zero-order valence-electron chi connectivity index (χ0n) is 12.8. The number of rotatable bonds is 5. The Morgan fingerprint density at radius 3 is 2.82 bits per heavy atom. The van der Waals surface area contributed by atoms with E-state index in [1.54, 1.807) is 4.90 Å². The van der Waals surface area contributed by atoms with Gasteiger partial charge >= 0.3 is 0 Å². The molecule has 0 bridgehead atoms. The van der Waals surface area contributed by atoms with Crippen LogP contribution in [0.5, 0.6) is 0 Å². The smallest absolute Gasteiger partial charge is 0.241 e. The van der Waals surface area contributed by atoms with Gasteiger partial charge in [0.2, 0.25) is 11.8 Å². The normalized spacial score (nSPS) is 19.5. The second-order valence-electron chi connectivity index (χ2n) is 5.54. The van der Waals surface area contributed by atoms with Crippen molar-refractivity contribution in [3.63, 3.8) is 0 Å². The van der Waals surface area contributed by atoms with E-state index in [1.807, 2.05) is 30.3 Å². The van der Waals surface area contributed by atoms with E-state index in [-0.39, 0.29) is 24.3 Å². The lowest BCUT2D eigenvalue weighted by Gasteiger charge is -2.33. The highest BCUT2D eigenvalue weighted by Crippen LogP contribution is 2.19. The van der Waals surface area contributed by atoms with Crippen LogP contribution in [0.3, 0.4) is 0 Å². The van der Waals surface area contributed by atoms with Gasteiger partial charge in [0.25, 0.3) is 0 Å². The van der Waals surface area contributed by atoms with Crippen LogP contribution in [-0.4, -0.2) is 49.6 Å². The van der Waals surface area contributed by atoms with Crippen LogP contribution in [0.2, 0.25) is 0 Å². The first-order chi connectivity index (χ1) is 10.6. The fourth-order valence-corrected chi connectivity index (χ4v) is 2.64. The predicted molar refractivity (Wildman–Crippen MR) is 84.2 cm³/mol. The van der Waals surface area contributed by atoms with Crippen molar-refractivity contribution < 1.29 is 14.3 Å². The number of methoxy groups -OCH3 is 1. The average molecular weight is 305 g/mol. The molecule has 1 heterocycles. The third-order valence-corrected chi connectivity index (χ3v) is 3.81. The van der Waals surface area contributed by atoms with Crippen LogP contribution in [0.4, 0.5) is 5.69 Å². The number of nitrogens with two attached hydrogens (primary N) is 1. The molecular formula is C16H23N3O3. The molecule has 0 radical (unpaired) electrons. The Morgan fingerprint density at radius 1 is 1.41 bits per heavy atom. The molecule has 22 heavy (non-hydrogen) atoms. The number of benzene rings is 1. The first-order valence-electron chi connectivity index (χ1n) is 7.51. The molecule has 0 aliphatic carbocycles. The molecule has 2 unspecified atom stereocenters. The Balaban J connectivity index is 1.92. The summed E-state index contributed by atoms with van der Waals surface area (Å²) in [6.07, 6.45) is 1.58. The number of nitrogens with one attached hydrogen (secondary N) is 1. The number of para-hydroxylation sites is 1. The van der Waals surface area contributed by atoms with E-state index >= 15 is 0 Å². The number of hydrogen-bond donors (Lipinski definition) is 2. The highest BCUT2D eigenvalue weighted by molar-refractivity contribution is 5.93. The summed E-state index contributed by atoms with van der Waals surface area (Å²) in [7, 11) is 1.51. The Bertz CT molecular complexity index is 507. The third kappa shape index (κ3) is 4.29. The highest BCUT2D eigenvalue weighted by Gasteiger charge is 2.30. The van der Waals surface area contributed by atoms with Crippen LogP contribution in [0.1, 0.15) is 12.8 Å². The van der Waals surface area contributed by atoms with Crippen molar-refractivity contribution in [2.45, 2.75) is 18.9 Å². The van der Waals surface area contributed by atoms with Crippen molar-refractivity contribution in [3.8, 4) is 0 Å². The third-order valence-electron chi connectivity index (χ3n) is 3.81. The number of carbonyl (C=O) groups excluding carboxylic acids is 2. The summed E-state index contributed by atoms with van der Waals surface area (Å²) in [6.45, 7) is 1.25. The Hall–Kier alpha value is -1.92. The number of anilines is 1. The van der Waals surface area contributed by atoms with E-state index < -0.39 is 6.04 Å². The largest absolute Gasteiger partial charge is 0.383 e. The van der Waals surface area contributed by atoms with Gasteiger partial charge in [0.05, 0.1) is 12.5 Å². The summed E-state index contributed by atoms with van der Waals surface area (Å²) in [6, 6.07) is 8.66. The maximum Gasteiger partial charge on any atom is 0.241 e. The van der Waals surface area contributed by atoms with Crippen LogP contribution in [0.15, 0.2) is 30.3 Å². The van der Waals surface area contributed by atoms with E-state index in [4.69, 9.17) is 10.5 Å². The minimum atomic E-state index is -0.666. The van der Waals surface area contributed by atoms with Crippen LogP contribution in [0.25, 0.3) is 0 Å². The average Bonchev–Trinajstić information content (AvgIpc) is 2.55. The van der Waals surface area contributed by atoms with Gasteiger partial charge in [-0.3, -0.25) is 9.59 Å². The Labute approximate surface area is 130 Å². The van der Waals surface area contributed by atoms with Crippen LogP contribution < -0.4 is 11.1 Å². The van der Waals surface area contributed by atoms with Gasteiger partial charge in [-0.05, 0) is 25.0 Å². The van der Waals surface area contributed by atoms with Gasteiger partial charge in [0, 0.05) is 25.9 Å². The molecule has 2 atom stereocenters. The van der Waals surface area contributed by atoms with Gasteiger partial charge < -0.3 is 20.7 Å². The van der Waals surface area contributed by atoms with Crippen molar-refractivity contribution in [2.75, 3.05) is 32.1 Å². The molecule has 2 rings (SSSR count). The summed E-state index contributed by atoms with van der Waals surface area (Å²) in [5, 5.41) is 2.89. The Morgan fingerprint density at radius 2 is 2.14 bits per heavy atom. The van der Waals surface area contributed by atoms with Crippen LogP contribution in [0, 0.1) is 5.92 Å². The Kier molecular flexibility index (Phi) is 5.91. The second kappa shape index (κ2) is 7.91. The van der Waals surface area contributed by atoms with Gasteiger partial charge in [-0.2, -0.15) is 0 Å². The molecular weight excluding hydrogens is 282 g/mol. The number of nitrogens with zero attached hydrogens (tertiary/aromatic N) is 1. The summed E-state index contributed by atoms with van der Waals surface area (Å²) < 4.78 is 4.92. The number of carbonyl (C=O) groups is 2. The summed E-state index contributed by atoms with van der Waals surface area (Å²) >= 11 is 0. The molecule has 2 amide bonds. The lowest BCUT2D eigenvalue weighted by atomic mass is 9.96. The number of hydrogen-bond acceptors (Lipinski definition) is 4. The fourth-order valence-electron chi connectivity index (χ4n) is 2.64. The van der Waals surface area contributed by atoms with Crippen LogP contribution >= 0.6 is 0 Å². The molecule has 120 valence electrons. The van der Waals surface area contributed by atoms with E-state index in [0.29, 0.717) is 13.1 Å². The number of piperidine rings is 1. The highest BCUT2D eigenvalue weighted by atomic mass is 16.5. The summed E-state index contributed by atoms with van der Waals surface area (Å²) in [4.78, 5) is 26.2. The molecule has 6 heteroatoms. The van der Waals surface area contributed by atoms with Gasteiger partial charge in [-0.1, -0.05) is 18.2 Å². The maximum atomic E-state index is 12.3. The van der Waals surface area contributed by atoms with E-state index in [2.05, 4.69) is 5.32 Å². The maximum absolute atomic E-state index is 12.3. The lowest BCUT2D eigenvalue weighted by molar-refractivity contribution is -0.136. The van der Waals surface area contributed by atoms with E-state index in [1.165, 1.54) is 7.11 Å². The van der Waals surface area contributed by atoms with Gasteiger partial charge in [0.15, 0.2) is 0 Å². The molecule has 3 N–H and O–H groups in total. The minimum Gasteiger partial charge on any atom is -0.383 e. The van der Waals surface area contributed by atoms with E-state index in [9.17, 15) is 9.59 Å². The number of amides is 2. The van der Waals surface area contributed by atoms with Crippen molar-refractivity contribution >= 4 is 17.5 Å². The molecule has 1 aliphatic rings. The fraction of sp³-hybridized carbons (Fsp3) is 0.500. The minimum absolute atomic E-state index is 0.0518. The molecule has 0 aromatic heterocycles. The molecule has 1 fully saturated rings. The lowest BCUT2D eigenvalue weighted by Crippen LogP contribution is -2.51.